The first-order valence-corrected chi connectivity index (χ1v) is 17.1. The highest BCUT2D eigenvalue weighted by molar-refractivity contribution is 6.12. The van der Waals surface area contributed by atoms with Gasteiger partial charge in [-0.15, -0.1) is 0 Å². The summed E-state index contributed by atoms with van der Waals surface area (Å²) in [6, 6.07) is 61.1. The van der Waals surface area contributed by atoms with Crippen LogP contribution in [-0.2, 0) is 0 Å². The van der Waals surface area contributed by atoms with Gasteiger partial charge in [-0.2, -0.15) is 0 Å². The van der Waals surface area contributed by atoms with Crippen molar-refractivity contribution in [2.45, 2.75) is 0 Å². The Morgan fingerprint density at radius 2 is 0.941 bits per heavy atom. The average molecular weight is 652 g/mol. The van der Waals surface area contributed by atoms with Crippen molar-refractivity contribution in [2.24, 2.45) is 0 Å². The molecule has 4 heteroatoms. The number of furan rings is 1. The molecule has 0 radical (unpaired) electrons. The lowest BCUT2D eigenvalue weighted by atomic mass is 9.97. The van der Waals surface area contributed by atoms with Crippen LogP contribution in [0.25, 0.3) is 99.9 Å². The molecule has 10 aromatic rings. The lowest BCUT2D eigenvalue weighted by molar-refractivity contribution is 0.669. The maximum absolute atomic E-state index is 6.40. The molecule has 238 valence electrons. The van der Waals surface area contributed by atoms with Gasteiger partial charge in [0, 0.05) is 27.5 Å². The quantitative estimate of drug-likeness (QED) is 0.186. The van der Waals surface area contributed by atoms with Gasteiger partial charge in [-0.05, 0) is 68.1 Å². The zero-order valence-corrected chi connectivity index (χ0v) is 27.5. The molecule has 0 saturated carbocycles. The van der Waals surface area contributed by atoms with Crippen LogP contribution in [0.4, 0.5) is 0 Å². The van der Waals surface area contributed by atoms with Crippen LogP contribution in [0.5, 0.6) is 0 Å². The van der Waals surface area contributed by atoms with E-state index >= 15 is 0 Å². The van der Waals surface area contributed by atoms with Crippen LogP contribution >= 0.6 is 0 Å². The van der Waals surface area contributed by atoms with Crippen molar-refractivity contribution in [3.63, 3.8) is 0 Å². The molecule has 2 heterocycles. The van der Waals surface area contributed by atoms with E-state index in [2.05, 4.69) is 158 Å². The van der Waals surface area contributed by atoms with E-state index < -0.39 is 0 Å². The predicted molar refractivity (Wildman–Crippen MR) is 209 cm³/mol. The number of hydrogen-bond donors (Lipinski definition) is 0. The van der Waals surface area contributed by atoms with Crippen LogP contribution in [0.15, 0.2) is 180 Å². The Hall–Kier alpha value is -6.91. The fraction of sp³-hybridized carbons (Fsp3) is 0. The van der Waals surface area contributed by atoms with Crippen LogP contribution in [-0.4, -0.2) is 15.0 Å². The number of hydrogen-bond acceptors (Lipinski definition) is 4. The topological polar surface area (TPSA) is 51.8 Å². The molecule has 0 atom stereocenters. The van der Waals surface area contributed by atoms with Crippen molar-refractivity contribution < 1.29 is 4.42 Å². The molecule has 0 aliphatic heterocycles. The third-order valence-electron chi connectivity index (χ3n) is 9.73. The van der Waals surface area contributed by atoms with Crippen molar-refractivity contribution in [2.75, 3.05) is 0 Å². The first-order valence-electron chi connectivity index (χ1n) is 17.1. The second-order valence-corrected chi connectivity index (χ2v) is 12.8. The molecule has 0 saturated heterocycles. The monoisotopic (exact) mass is 651 g/mol. The molecule has 0 bridgehead atoms. The van der Waals surface area contributed by atoms with Gasteiger partial charge < -0.3 is 4.42 Å². The van der Waals surface area contributed by atoms with Crippen molar-refractivity contribution in [1.29, 1.82) is 0 Å². The summed E-state index contributed by atoms with van der Waals surface area (Å²) < 4.78 is 6.40. The smallest absolute Gasteiger partial charge is 0.164 e. The maximum Gasteiger partial charge on any atom is 0.164 e. The fourth-order valence-electron chi connectivity index (χ4n) is 7.18. The zero-order valence-electron chi connectivity index (χ0n) is 27.5. The van der Waals surface area contributed by atoms with Gasteiger partial charge in [-0.3, -0.25) is 0 Å². The normalized spacial score (nSPS) is 11.5. The van der Waals surface area contributed by atoms with Gasteiger partial charge in [0.2, 0.25) is 0 Å². The molecule has 0 N–H and O–H groups in total. The molecule has 0 spiro atoms. The second-order valence-electron chi connectivity index (χ2n) is 12.8. The van der Waals surface area contributed by atoms with Gasteiger partial charge in [-0.1, -0.05) is 152 Å². The number of aromatic nitrogens is 3. The molecule has 0 fully saturated rings. The summed E-state index contributed by atoms with van der Waals surface area (Å²) in [5.74, 6) is 1.83. The minimum Gasteiger partial charge on any atom is -0.456 e. The number of rotatable bonds is 5. The van der Waals surface area contributed by atoms with Crippen molar-refractivity contribution >= 4 is 43.5 Å². The molecular formula is C47H29N3O. The Bertz CT molecular complexity index is 2900. The highest BCUT2D eigenvalue weighted by Gasteiger charge is 2.19. The van der Waals surface area contributed by atoms with Gasteiger partial charge >= 0.3 is 0 Å². The lowest BCUT2D eigenvalue weighted by Gasteiger charge is -2.11. The zero-order chi connectivity index (χ0) is 33.7. The molecule has 4 nitrogen and oxygen atoms in total. The lowest BCUT2D eigenvalue weighted by Crippen LogP contribution is -2.00. The summed E-state index contributed by atoms with van der Waals surface area (Å²) >= 11 is 0. The van der Waals surface area contributed by atoms with Gasteiger partial charge in [-0.25, -0.2) is 15.0 Å². The molecule has 0 amide bonds. The molecule has 2 aromatic heterocycles. The van der Waals surface area contributed by atoms with E-state index in [-0.39, 0.29) is 0 Å². The standard InChI is InChI=1S/C47H29N3O/c1-2-10-30(11-3-1)36-26-27-42-41(29-36)44-40(18-9-19-43(44)51-42)47-49-45(48-46(50-47)37-25-20-31-12-4-5-14-35(31)28-37)34-23-21-33(22-24-34)39-17-8-15-32-13-6-7-16-38(32)39/h1-29H. The van der Waals surface area contributed by atoms with E-state index in [0.717, 1.165) is 60.7 Å². The Labute approximate surface area is 294 Å². The number of fused-ring (bicyclic) bond motifs is 5. The summed E-state index contributed by atoms with van der Waals surface area (Å²) in [5, 5.41) is 6.76. The Balaban J connectivity index is 1.16. The van der Waals surface area contributed by atoms with Gasteiger partial charge in [0.25, 0.3) is 0 Å². The molecule has 0 unspecified atom stereocenters. The van der Waals surface area contributed by atoms with E-state index in [1.54, 1.807) is 0 Å². The molecule has 10 rings (SSSR count). The summed E-state index contributed by atoms with van der Waals surface area (Å²) in [4.78, 5) is 15.4. The Kier molecular flexibility index (Phi) is 6.78. The predicted octanol–water partition coefficient (Wildman–Crippen LogP) is 12.4. The summed E-state index contributed by atoms with van der Waals surface area (Å²) in [6.45, 7) is 0. The highest BCUT2D eigenvalue weighted by atomic mass is 16.3. The third kappa shape index (κ3) is 5.13. The van der Waals surface area contributed by atoms with E-state index in [1.165, 1.54) is 21.7 Å². The first-order chi connectivity index (χ1) is 25.2. The SMILES string of the molecule is c1ccc(-c2ccc3oc4cccc(-c5nc(-c6ccc(-c7cccc8ccccc78)cc6)nc(-c6ccc7ccccc7c6)n5)c4c3c2)cc1. The summed E-state index contributed by atoms with van der Waals surface area (Å²) in [7, 11) is 0. The summed E-state index contributed by atoms with van der Waals surface area (Å²) in [6.07, 6.45) is 0. The minimum atomic E-state index is 0.597. The molecule has 0 aliphatic carbocycles. The van der Waals surface area contributed by atoms with Gasteiger partial charge in [0.15, 0.2) is 17.5 Å². The maximum atomic E-state index is 6.40. The molecule has 51 heavy (non-hydrogen) atoms. The van der Waals surface area contributed by atoms with Crippen molar-refractivity contribution in [1.82, 2.24) is 15.0 Å². The number of benzene rings is 8. The van der Waals surface area contributed by atoms with Crippen LogP contribution in [0.3, 0.4) is 0 Å². The average Bonchev–Trinajstić information content (AvgIpc) is 3.59. The van der Waals surface area contributed by atoms with Crippen LogP contribution in [0.2, 0.25) is 0 Å². The van der Waals surface area contributed by atoms with Crippen molar-refractivity contribution in [3.8, 4) is 56.4 Å². The largest absolute Gasteiger partial charge is 0.456 e. The Morgan fingerprint density at radius 1 is 0.314 bits per heavy atom. The third-order valence-corrected chi connectivity index (χ3v) is 9.73. The van der Waals surface area contributed by atoms with E-state index in [9.17, 15) is 0 Å². The first kappa shape index (κ1) is 29.0. The summed E-state index contributed by atoms with van der Waals surface area (Å²) in [5.41, 5.74) is 8.98. The molecule has 8 aromatic carbocycles. The van der Waals surface area contributed by atoms with E-state index in [4.69, 9.17) is 19.4 Å². The van der Waals surface area contributed by atoms with Gasteiger partial charge in [0.1, 0.15) is 11.2 Å². The Morgan fingerprint density at radius 3 is 1.80 bits per heavy atom. The van der Waals surface area contributed by atoms with Crippen molar-refractivity contribution in [3.05, 3.63) is 176 Å². The highest BCUT2D eigenvalue weighted by Crippen LogP contribution is 2.39. The van der Waals surface area contributed by atoms with Crippen LogP contribution < -0.4 is 0 Å². The minimum absolute atomic E-state index is 0.597. The van der Waals surface area contributed by atoms with Crippen LogP contribution in [0, 0.1) is 0 Å². The number of nitrogens with zero attached hydrogens (tertiary/aromatic N) is 3. The van der Waals surface area contributed by atoms with Gasteiger partial charge in [0.05, 0.1) is 0 Å². The van der Waals surface area contributed by atoms with E-state index in [1.807, 2.05) is 18.2 Å². The fourth-order valence-corrected chi connectivity index (χ4v) is 7.18. The van der Waals surface area contributed by atoms with Crippen LogP contribution in [0.1, 0.15) is 0 Å². The second kappa shape index (κ2) is 11.9. The molecule has 0 aliphatic rings. The van der Waals surface area contributed by atoms with E-state index in [0.29, 0.717) is 17.5 Å². The molecular weight excluding hydrogens is 623 g/mol.